The third kappa shape index (κ3) is 3.09. The zero-order valence-corrected chi connectivity index (χ0v) is 11.2. The molecule has 0 aliphatic heterocycles. The maximum Gasteiger partial charge on any atom is 0.168 e. The Bertz CT molecular complexity index is 363. The molecule has 0 unspecified atom stereocenters. The van der Waals surface area contributed by atoms with Gasteiger partial charge in [-0.25, -0.2) is 9.98 Å². The van der Waals surface area contributed by atoms with Crippen LogP contribution in [0.5, 0.6) is 0 Å². The molecule has 0 radical (unpaired) electrons. The first-order valence-electron chi connectivity index (χ1n) is 4.04. The van der Waals surface area contributed by atoms with Crippen molar-refractivity contribution in [2.45, 2.75) is 6.92 Å². The summed E-state index contributed by atoms with van der Waals surface area (Å²) in [5, 5.41) is 0.698. The first kappa shape index (κ1) is 11.7. The highest BCUT2D eigenvalue weighted by Gasteiger charge is 2.05. The van der Waals surface area contributed by atoms with E-state index in [1.807, 2.05) is 32.0 Å². The van der Waals surface area contributed by atoms with E-state index < -0.39 is 0 Å². The number of hydrogen-bond donors (Lipinski definition) is 0. The maximum atomic E-state index is 6.00. The monoisotopic (exact) mass is 323 g/mol. The van der Waals surface area contributed by atoms with Crippen LogP contribution in [0.1, 0.15) is 5.69 Å². The van der Waals surface area contributed by atoms with Gasteiger partial charge < -0.3 is 4.90 Å². The van der Waals surface area contributed by atoms with Crippen molar-refractivity contribution in [3.8, 4) is 0 Å². The van der Waals surface area contributed by atoms with Crippen molar-refractivity contribution in [3.63, 3.8) is 0 Å². The number of nitrogens with zero attached hydrogens (tertiary/aromatic N) is 3. The van der Waals surface area contributed by atoms with E-state index in [-0.39, 0.29) is 0 Å². The lowest BCUT2D eigenvalue weighted by Gasteiger charge is -2.05. The Labute approximate surface area is 102 Å². The predicted molar refractivity (Wildman–Crippen MR) is 68.5 cm³/mol. The molecule has 0 N–H and O–H groups in total. The molecule has 1 aromatic rings. The summed E-state index contributed by atoms with van der Waals surface area (Å²) < 4.78 is 0.882. The van der Waals surface area contributed by atoms with Crippen LogP contribution in [0.3, 0.4) is 0 Å². The van der Waals surface area contributed by atoms with Gasteiger partial charge >= 0.3 is 0 Å². The molecule has 0 amide bonds. The van der Waals surface area contributed by atoms with Gasteiger partial charge in [0.05, 0.1) is 14.9 Å². The summed E-state index contributed by atoms with van der Waals surface area (Å²) >= 11 is 8.14. The number of aromatic nitrogens is 1. The Hall–Kier alpha value is -0.360. The summed E-state index contributed by atoms with van der Waals surface area (Å²) in [5.74, 6) is 0.671. The van der Waals surface area contributed by atoms with Crippen LogP contribution >= 0.6 is 34.2 Å². The number of rotatable bonds is 2. The fraction of sp³-hybridized carbons (Fsp3) is 0.333. The van der Waals surface area contributed by atoms with Crippen LogP contribution in [0.4, 0.5) is 5.82 Å². The molecule has 0 aliphatic carbocycles. The van der Waals surface area contributed by atoms with Crippen LogP contribution in [0.25, 0.3) is 0 Å². The van der Waals surface area contributed by atoms with E-state index >= 15 is 0 Å². The van der Waals surface area contributed by atoms with E-state index in [1.54, 1.807) is 6.34 Å². The minimum Gasteiger partial charge on any atom is -0.369 e. The molecule has 0 fully saturated rings. The lowest BCUT2D eigenvalue weighted by molar-refractivity contribution is 0.643. The standard InChI is InChI=1S/C9H11ClIN3/c1-6-4-7(10)8(11)9(13-6)12-5-14(2)3/h4-5H,1-3H3/b12-5-. The summed E-state index contributed by atoms with van der Waals surface area (Å²) in [6.07, 6.45) is 1.71. The van der Waals surface area contributed by atoms with Crippen molar-refractivity contribution in [2.24, 2.45) is 4.99 Å². The lowest BCUT2D eigenvalue weighted by atomic mass is 10.4. The molecule has 1 heterocycles. The van der Waals surface area contributed by atoms with Gasteiger partial charge in [0.1, 0.15) is 0 Å². The summed E-state index contributed by atoms with van der Waals surface area (Å²) in [6.45, 7) is 1.90. The summed E-state index contributed by atoms with van der Waals surface area (Å²) in [7, 11) is 3.82. The van der Waals surface area contributed by atoms with E-state index in [2.05, 4.69) is 32.6 Å². The van der Waals surface area contributed by atoms with Crippen molar-refractivity contribution in [2.75, 3.05) is 14.1 Å². The van der Waals surface area contributed by atoms with Crippen LogP contribution in [-0.2, 0) is 0 Å². The van der Waals surface area contributed by atoms with Crippen LogP contribution < -0.4 is 0 Å². The van der Waals surface area contributed by atoms with Gasteiger partial charge in [-0.15, -0.1) is 0 Å². The Morgan fingerprint density at radius 3 is 2.79 bits per heavy atom. The second kappa shape index (κ2) is 4.93. The van der Waals surface area contributed by atoms with Crippen LogP contribution in [0.15, 0.2) is 11.1 Å². The quantitative estimate of drug-likeness (QED) is 0.476. The summed E-state index contributed by atoms with van der Waals surface area (Å²) in [5.41, 5.74) is 0.876. The van der Waals surface area contributed by atoms with Crippen molar-refractivity contribution >= 4 is 46.3 Å². The highest BCUT2D eigenvalue weighted by Crippen LogP contribution is 2.27. The van der Waals surface area contributed by atoms with Crippen LogP contribution in [0, 0.1) is 10.5 Å². The third-order valence-electron chi connectivity index (χ3n) is 1.43. The summed E-state index contributed by atoms with van der Waals surface area (Å²) in [6, 6.07) is 1.83. The van der Waals surface area contributed by atoms with Crippen LogP contribution in [0.2, 0.25) is 5.02 Å². The Balaban J connectivity index is 3.08. The summed E-state index contributed by atoms with van der Waals surface area (Å²) in [4.78, 5) is 10.4. The van der Waals surface area contributed by atoms with Gasteiger partial charge in [0, 0.05) is 19.8 Å². The highest BCUT2D eigenvalue weighted by molar-refractivity contribution is 14.1. The second-order valence-electron chi connectivity index (χ2n) is 3.09. The normalized spacial score (nSPS) is 10.9. The molecule has 5 heteroatoms. The molecule has 14 heavy (non-hydrogen) atoms. The van der Waals surface area contributed by atoms with Gasteiger partial charge in [-0.05, 0) is 35.6 Å². The van der Waals surface area contributed by atoms with Gasteiger partial charge in [-0.2, -0.15) is 0 Å². The Morgan fingerprint density at radius 2 is 2.21 bits per heavy atom. The molecule has 76 valence electrons. The Kier molecular flexibility index (Phi) is 4.12. The number of pyridine rings is 1. The molecule has 0 spiro atoms. The number of aryl methyl sites for hydroxylation is 1. The largest absolute Gasteiger partial charge is 0.369 e. The second-order valence-corrected chi connectivity index (χ2v) is 4.58. The molecular formula is C9H11ClIN3. The van der Waals surface area contributed by atoms with Crippen molar-refractivity contribution in [1.29, 1.82) is 0 Å². The molecule has 0 bridgehead atoms. The minimum atomic E-state index is 0.671. The average Bonchev–Trinajstić information content (AvgIpc) is 2.08. The first-order valence-corrected chi connectivity index (χ1v) is 5.49. The fourth-order valence-electron chi connectivity index (χ4n) is 0.858. The third-order valence-corrected chi connectivity index (χ3v) is 3.12. The number of aliphatic imine (C=N–C) groups is 1. The van der Waals surface area contributed by atoms with Gasteiger partial charge in [0.25, 0.3) is 0 Å². The SMILES string of the molecule is Cc1cc(Cl)c(I)c(/N=C\N(C)C)n1. The maximum absolute atomic E-state index is 6.00. The van der Waals surface area contributed by atoms with Crippen molar-refractivity contribution < 1.29 is 0 Å². The van der Waals surface area contributed by atoms with Gasteiger partial charge in [-0.3, -0.25) is 0 Å². The first-order chi connectivity index (χ1) is 6.50. The van der Waals surface area contributed by atoms with E-state index in [0.717, 1.165) is 9.26 Å². The average molecular weight is 324 g/mol. The van der Waals surface area contributed by atoms with Gasteiger partial charge in [0.2, 0.25) is 0 Å². The van der Waals surface area contributed by atoms with Gasteiger partial charge in [-0.1, -0.05) is 11.6 Å². The number of halogens is 2. The van der Waals surface area contributed by atoms with Gasteiger partial charge in [0.15, 0.2) is 5.82 Å². The molecule has 1 aromatic heterocycles. The zero-order valence-electron chi connectivity index (χ0n) is 8.25. The topological polar surface area (TPSA) is 28.5 Å². The molecule has 3 nitrogen and oxygen atoms in total. The molecule has 0 atom stereocenters. The van der Waals surface area contributed by atoms with Crippen molar-refractivity contribution in [1.82, 2.24) is 9.88 Å². The molecule has 1 rings (SSSR count). The smallest absolute Gasteiger partial charge is 0.168 e. The lowest BCUT2D eigenvalue weighted by Crippen LogP contribution is -2.07. The van der Waals surface area contributed by atoms with Crippen LogP contribution in [-0.4, -0.2) is 30.3 Å². The molecule has 0 aliphatic rings. The molecule has 0 aromatic carbocycles. The van der Waals surface area contributed by atoms with E-state index in [4.69, 9.17) is 11.6 Å². The van der Waals surface area contributed by atoms with E-state index in [0.29, 0.717) is 10.8 Å². The number of hydrogen-bond acceptors (Lipinski definition) is 2. The van der Waals surface area contributed by atoms with Crippen molar-refractivity contribution in [3.05, 3.63) is 20.4 Å². The minimum absolute atomic E-state index is 0.671. The highest BCUT2D eigenvalue weighted by atomic mass is 127. The Morgan fingerprint density at radius 1 is 1.57 bits per heavy atom. The molecule has 0 saturated carbocycles. The molecular weight excluding hydrogens is 312 g/mol. The molecule has 0 saturated heterocycles. The van der Waals surface area contributed by atoms with E-state index in [1.165, 1.54) is 0 Å². The van der Waals surface area contributed by atoms with E-state index in [9.17, 15) is 0 Å². The predicted octanol–water partition coefficient (Wildman–Crippen LogP) is 2.87. The zero-order chi connectivity index (χ0) is 10.7. The fourth-order valence-corrected chi connectivity index (χ4v) is 1.52.